The number of hydrogen-bond acceptors (Lipinski definition) is 4. The SMILES string of the molecule is Cc1ccc(N2CC(CN=[N+]=[N-])CC2=O)cc1[N+](=O)[O-]. The number of nitro benzene ring substituents is 1. The van der Waals surface area contributed by atoms with Crippen LogP contribution >= 0.6 is 0 Å². The molecule has 1 aliphatic rings. The van der Waals surface area contributed by atoms with Gasteiger partial charge in [-0.15, -0.1) is 0 Å². The van der Waals surface area contributed by atoms with E-state index in [1.165, 1.54) is 11.0 Å². The van der Waals surface area contributed by atoms with Crippen LogP contribution in [0.15, 0.2) is 23.3 Å². The van der Waals surface area contributed by atoms with Crippen molar-refractivity contribution in [3.05, 3.63) is 44.3 Å². The molecule has 1 fully saturated rings. The Hall–Kier alpha value is -2.60. The minimum Gasteiger partial charge on any atom is -0.312 e. The van der Waals surface area contributed by atoms with Gasteiger partial charge in [-0.25, -0.2) is 0 Å². The van der Waals surface area contributed by atoms with Crippen LogP contribution < -0.4 is 4.90 Å². The Labute approximate surface area is 114 Å². The molecule has 0 aliphatic carbocycles. The highest BCUT2D eigenvalue weighted by atomic mass is 16.6. The van der Waals surface area contributed by atoms with Gasteiger partial charge in [0.25, 0.3) is 5.69 Å². The number of rotatable bonds is 4. The summed E-state index contributed by atoms with van der Waals surface area (Å²) in [6.45, 7) is 2.32. The van der Waals surface area contributed by atoms with Gasteiger partial charge in [0.2, 0.25) is 5.91 Å². The third kappa shape index (κ3) is 2.70. The molecule has 0 saturated carbocycles. The number of azide groups is 1. The van der Waals surface area contributed by atoms with Crippen molar-refractivity contribution < 1.29 is 9.72 Å². The Kier molecular flexibility index (Phi) is 3.86. The average Bonchev–Trinajstić information content (AvgIpc) is 2.78. The molecule has 0 N–H and O–H groups in total. The first-order valence-corrected chi connectivity index (χ1v) is 6.09. The number of amides is 1. The minimum absolute atomic E-state index is 0.00574. The summed E-state index contributed by atoms with van der Waals surface area (Å²) in [5, 5.41) is 14.4. The van der Waals surface area contributed by atoms with Crippen LogP contribution in [0, 0.1) is 23.0 Å². The van der Waals surface area contributed by atoms with Crippen molar-refractivity contribution in [1.82, 2.24) is 0 Å². The number of anilines is 1. The summed E-state index contributed by atoms with van der Waals surface area (Å²) in [4.78, 5) is 26.6. The Bertz CT molecular complexity index is 609. The molecule has 2 rings (SSSR count). The Morgan fingerprint density at radius 1 is 1.60 bits per heavy atom. The number of nitrogens with zero attached hydrogens (tertiary/aromatic N) is 5. The van der Waals surface area contributed by atoms with Crippen molar-refractivity contribution in [3.8, 4) is 0 Å². The van der Waals surface area contributed by atoms with E-state index in [2.05, 4.69) is 10.0 Å². The second kappa shape index (κ2) is 5.58. The summed E-state index contributed by atoms with van der Waals surface area (Å²) in [7, 11) is 0. The van der Waals surface area contributed by atoms with Gasteiger partial charge in [0, 0.05) is 36.1 Å². The molecule has 1 atom stereocenters. The van der Waals surface area contributed by atoms with Crippen molar-refractivity contribution in [2.24, 2.45) is 11.0 Å². The first-order chi connectivity index (χ1) is 9.52. The highest BCUT2D eigenvalue weighted by Crippen LogP contribution is 2.29. The molecule has 8 nitrogen and oxygen atoms in total. The number of benzene rings is 1. The zero-order valence-corrected chi connectivity index (χ0v) is 10.9. The molecule has 0 spiro atoms. The lowest BCUT2D eigenvalue weighted by Gasteiger charge is -2.16. The average molecular weight is 275 g/mol. The lowest BCUT2D eigenvalue weighted by Crippen LogP contribution is -2.24. The first kappa shape index (κ1) is 13.8. The van der Waals surface area contributed by atoms with Crippen LogP contribution in [-0.2, 0) is 4.79 Å². The fourth-order valence-electron chi connectivity index (χ4n) is 2.27. The lowest BCUT2D eigenvalue weighted by molar-refractivity contribution is -0.385. The van der Waals surface area contributed by atoms with E-state index in [1.54, 1.807) is 19.1 Å². The van der Waals surface area contributed by atoms with Gasteiger partial charge in [0.05, 0.1) is 10.6 Å². The Morgan fingerprint density at radius 2 is 2.35 bits per heavy atom. The molecular formula is C12H13N5O3. The summed E-state index contributed by atoms with van der Waals surface area (Å²) < 4.78 is 0. The molecule has 1 aliphatic heterocycles. The fourth-order valence-corrected chi connectivity index (χ4v) is 2.27. The smallest absolute Gasteiger partial charge is 0.274 e. The van der Waals surface area contributed by atoms with Gasteiger partial charge in [-0.05, 0) is 24.4 Å². The van der Waals surface area contributed by atoms with Gasteiger partial charge >= 0.3 is 0 Å². The number of nitro groups is 1. The van der Waals surface area contributed by atoms with Gasteiger partial charge in [-0.1, -0.05) is 11.2 Å². The summed E-state index contributed by atoms with van der Waals surface area (Å²) in [6, 6.07) is 4.72. The lowest BCUT2D eigenvalue weighted by atomic mass is 10.1. The van der Waals surface area contributed by atoms with Crippen LogP contribution in [0.3, 0.4) is 0 Å². The van der Waals surface area contributed by atoms with Crippen molar-refractivity contribution >= 4 is 17.3 Å². The predicted octanol–water partition coefficient (Wildman–Crippen LogP) is 2.57. The molecule has 0 aromatic heterocycles. The standard InChI is InChI=1S/C12H13N5O3/c1-8-2-3-10(5-11(8)17(19)20)16-7-9(4-12(16)18)6-14-15-13/h2-3,5,9H,4,6-7H2,1H3. The summed E-state index contributed by atoms with van der Waals surface area (Å²) >= 11 is 0. The molecule has 1 aromatic carbocycles. The third-order valence-electron chi connectivity index (χ3n) is 3.31. The molecule has 0 radical (unpaired) electrons. The van der Waals surface area contributed by atoms with Crippen LogP contribution in [0.2, 0.25) is 0 Å². The van der Waals surface area contributed by atoms with Crippen LogP contribution in [0.4, 0.5) is 11.4 Å². The molecule has 1 saturated heterocycles. The molecule has 1 heterocycles. The number of carbonyl (C=O) groups is 1. The van der Waals surface area contributed by atoms with Gasteiger partial charge in [-0.2, -0.15) is 0 Å². The van der Waals surface area contributed by atoms with E-state index in [4.69, 9.17) is 5.53 Å². The second-order valence-electron chi connectivity index (χ2n) is 4.72. The highest BCUT2D eigenvalue weighted by molar-refractivity contribution is 5.96. The maximum absolute atomic E-state index is 11.9. The highest BCUT2D eigenvalue weighted by Gasteiger charge is 2.31. The quantitative estimate of drug-likeness (QED) is 0.276. The number of aryl methyl sites for hydroxylation is 1. The van der Waals surface area contributed by atoms with E-state index < -0.39 is 4.92 Å². The summed E-state index contributed by atoms with van der Waals surface area (Å²) in [5.41, 5.74) is 9.34. The van der Waals surface area contributed by atoms with Crippen LogP contribution in [0.25, 0.3) is 10.4 Å². The zero-order valence-electron chi connectivity index (χ0n) is 10.9. The van der Waals surface area contributed by atoms with Gasteiger partial charge in [0.1, 0.15) is 0 Å². The van der Waals surface area contributed by atoms with Crippen molar-refractivity contribution in [2.75, 3.05) is 18.0 Å². The summed E-state index contributed by atoms with van der Waals surface area (Å²) in [5.74, 6) is -0.153. The van der Waals surface area contributed by atoms with Crippen LogP contribution in [-0.4, -0.2) is 23.9 Å². The third-order valence-corrected chi connectivity index (χ3v) is 3.31. The molecule has 8 heteroatoms. The maximum Gasteiger partial charge on any atom is 0.274 e. The maximum atomic E-state index is 11.9. The summed E-state index contributed by atoms with van der Waals surface area (Å²) in [6.07, 6.45) is 0.292. The minimum atomic E-state index is -0.461. The molecule has 1 unspecified atom stereocenters. The van der Waals surface area contributed by atoms with E-state index >= 15 is 0 Å². The Balaban J connectivity index is 2.24. The normalized spacial score (nSPS) is 17.9. The molecule has 0 bridgehead atoms. The first-order valence-electron chi connectivity index (χ1n) is 6.09. The Morgan fingerprint density at radius 3 is 3.00 bits per heavy atom. The van der Waals surface area contributed by atoms with Crippen LogP contribution in [0.5, 0.6) is 0 Å². The van der Waals surface area contributed by atoms with Gasteiger partial charge < -0.3 is 4.90 Å². The molecule has 20 heavy (non-hydrogen) atoms. The van der Waals surface area contributed by atoms with Crippen molar-refractivity contribution in [3.63, 3.8) is 0 Å². The predicted molar refractivity (Wildman–Crippen MR) is 72.3 cm³/mol. The van der Waals surface area contributed by atoms with Gasteiger partial charge in [-0.3, -0.25) is 14.9 Å². The number of hydrogen-bond donors (Lipinski definition) is 0. The molecule has 1 amide bonds. The number of carbonyl (C=O) groups excluding carboxylic acids is 1. The molecule has 1 aromatic rings. The van der Waals surface area contributed by atoms with Crippen molar-refractivity contribution in [2.45, 2.75) is 13.3 Å². The van der Waals surface area contributed by atoms with Gasteiger partial charge in [0.15, 0.2) is 0 Å². The zero-order chi connectivity index (χ0) is 14.7. The van der Waals surface area contributed by atoms with E-state index in [9.17, 15) is 14.9 Å². The van der Waals surface area contributed by atoms with E-state index in [0.29, 0.717) is 24.2 Å². The van der Waals surface area contributed by atoms with Crippen LogP contribution in [0.1, 0.15) is 12.0 Å². The topological polar surface area (TPSA) is 112 Å². The molecular weight excluding hydrogens is 262 g/mol. The largest absolute Gasteiger partial charge is 0.312 e. The fraction of sp³-hybridized carbons (Fsp3) is 0.417. The molecule has 104 valence electrons. The van der Waals surface area contributed by atoms with E-state index in [0.717, 1.165) is 0 Å². The monoisotopic (exact) mass is 275 g/mol. The second-order valence-corrected chi connectivity index (χ2v) is 4.72. The van der Waals surface area contributed by atoms with Crippen molar-refractivity contribution in [1.29, 1.82) is 0 Å². The van der Waals surface area contributed by atoms with E-state index in [-0.39, 0.29) is 24.1 Å². The van der Waals surface area contributed by atoms with E-state index in [1.807, 2.05) is 0 Å².